The lowest BCUT2D eigenvalue weighted by Crippen LogP contribution is -2.55. The van der Waals surface area contributed by atoms with Crippen molar-refractivity contribution in [3.05, 3.63) is 83.4 Å². The number of aryl methyl sites for hydroxylation is 1. The SMILES string of the molecule is COc1cc(C=C2OCCN3C2=NC(=O)CC3(C)c2ccc(F)cc2)ccc1-n1cnc(C)c1. The molecule has 2 aliphatic heterocycles. The second-order valence-corrected chi connectivity index (χ2v) is 8.65. The van der Waals surface area contributed by atoms with Crippen LogP contribution in [-0.4, -0.2) is 46.5 Å². The van der Waals surface area contributed by atoms with E-state index >= 15 is 0 Å². The minimum absolute atomic E-state index is 0.211. The molecule has 1 amide bonds. The van der Waals surface area contributed by atoms with Crippen molar-refractivity contribution >= 4 is 17.8 Å². The first kappa shape index (κ1) is 21.9. The van der Waals surface area contributed by atoms with Crippen LogP contribution in [0.5, 0.6) is 5.75 Å². The summed E-state index contributed by atoms with van der Waals surface area (Å²) in [5, 5.41) is 0. The first-order valence-electron chi connectivity index (χ1n) is 11.1. The number of rotatable bonds is 4. The zero-order valence-corrected chi connectivity index (χ0v) is 19.3. The topological polar surface area (TPSA) is 69.0 Å². The average Bonchev–Trinajstić information content (AvgIpc) is 3.26. The molecule has 0 saturated carbocycles. The van der Waals surface area contributed by atoms with Gasteiger partial charge in [0.05, 0.1) is 43.3 Å². The predicted octanol–water partition coefficient (Wildman–Crippen LogP) is 4.25. The van der Waals surface area contributed by atoms with Gasteiger partial charge in [0.1, 0.15) is 18.2 Å². The van der Waals surface area contributed by atoms with Gasteiger partial charge in [-0.25, -0.2) is 9.37 Å². The fourth-order valence-corrected chi connectivity index (χ4v) is 4.57. The second kappa shape index (κ2) is 8.44. The van der Waals surface area contributed by atoms with E-state index in [9.17, 15) is 9.18 Å². The number of benzene rings is 2. The largest absolute Gasteiger partial charge is 0.495 e. The fraction of sp³-hybridized carbons (Fsp3) is 0.269. The van der Waals surface area contributed by atoms with Gasteiger partial charge >= 0.3 is 0 Å². The molecule has 0 radical (unpaired) electrons. The number of amides is 1. The number of hydrogen-bond donors (Lipinski definition) is 0. The normalized spacial score (nSPS) is 21.2. The van der Waals surface area contributed by atoms with Crippen molar-refractivity contribution in [1.29, 1.82) is 0 Å². The number of halogens is 1. The summed E-state index contributed by atoms with van der Waals surface area (Å²) in [5.41, 5.74) is 2.83. The standard InChI is InChI=1S/C26H25FN4O3/c1-17-15-30(16-28-17)21-9-4-18(12-22(21)33-3)13-23-25-29-24(32)14-26(2,31(25)10-11-34-23)19-5-7-20(27)8-6-19/h4-9,12-13,15-16H,10-11,14H2,1-3H3. The van der Waals surface area contributed by atoms with E-state index in [2.05, 4.69) is 14.9 Å². The molecule has 1 aromatic heterocycles. The van der Waals surface area contributed by atoms with Gasteiger partial charge in [-0.15, -0.1) is 0 Å². The molecule has 1 saturated heterocycles. The number of fused-ring (bicyclic) bond motifs is 1. The van der Waals surface area contributed by atoms with Gasteiger partial charge in [0.15, 0.2) is 11.6 Å². The summed E-state index contributed by atoms with van der Waals surface area (Å²) in [6.45, 7) is 4.93. The van der Waals surface area contributed by atoms with Crippen LogP contribution < -0.4 is 4.74 Å². The maximum absolute atomic E-state index is 13.5. The molecule has 5 rings (SSSR count). The van der Waals surface area contributed by atoms with Crippen molar-refractivity contribution in [3.8, 4) is 11.4 Å². The van der Waals surface area contributed by atoms with E-state index in [1.165, 1.54) is 12.1 Å². The molecule has 2 aliphatic rings. The molecule has 1 fully saturated rings. The molecule has 2 aromatic carbocycles. The highest BCUT2D eigenvalue weighted by Crippen LogP contribution is 2.39. The minimum Gasteiger partial charge on any atom is -0.495 e. The van der Waals surface area contributed by atoms with Crippen LogP contribution in [0.4, 0.5) is 4.39 Å². The van der Waals surface area contributed by atoms with Crippen molar-refractivity contribution in [3.63, 3.8) is 0 Å². The maximum Gasteiger partial charge on any atom is 0.250 e. The monoisotopic (exact) mass is 460 g/mol. The van der Waals surface area contributed by atoms with Crippen LogP contribution in [-0.2, 0) is 15.1 Å². The zero-order valence-electron chi connectivity index (χ0n) is 19.3. The molecule has 0 bridgehead atoms. The van der Waals surface area contributed by atoms with E-state index in [1.807, 2.05) is 48.9 Å². The predicted molar refractivity (Wildman–Crippen MR) is 126 cm³/mol. The van der Waals surface area contributed by atoms with Crippen LogP contribution in [0.1, 0.15) is 30.2 Å². The molecule has 0 aliphatic carbocycles. The zero-order chi connectivity index (χ0) is 23.9. The minimum atomic E-state index is -0.647. The summed E-state index contributed by atoms with van der Waals surface area (Å²) in [4.78, 5) is 23.4. The molecule has 3 heterocycles. The van der Waals surface area contributed by atoms with E-state index in [1.54, 1.807) is 25.6 Å². The van der Waals surface area contributed by atoms with Gasteiger partial charge in [-0.3, -0.25) is 4.79 Å². The van der Waals surface area contributed by atoms with Crippen LogP contribution in [0, 0.1) is 12.7 Å². The lowest BCUT2D eigenvalue weighted by molar-refractivity contribution is -0.121. The fourth-order valence-electron chi connectivity index (χ4n) is 4.57. The third kappa shape index (κ3) is 3.85. The Morgan fingerprint density at radius 3 is 2.71 bits per heavy atom. The molecular formula is C26H25FN4O3. The highest BCUT2D eigenvalue weighted by Gasteiger charge is 2.44. The number of carbonyl (C=O) groups excluding carboxylic acids is 1. The van der Waals surface area contributed by atoms with Gasteiger partial charge in [0.2, 0.25) is 5.91 Å². The number of ether oxygens (including phenoxy) is 2. The van der Waals surface area contributed by atoms with Crippen LogP contribution >= 0.6 is 0 Å². The second-order valence-electron chi connectivity index (χ2n) is 8.65. The number of carbonyl (C=O) groups is 1. The van der Waals surface area contributed by atoms with Gasteiger partial charge in [0, 0.05) is 6.20 Å². The summed E-state index contributed by atoms with van der Waals surface area (Å²) in [5.74, 6) is 1.13. The molecule has 8 heteroatoms. The van der Waals surface area contributed by atoms with Crippen LogP contribution in [0.25, 0.3) is 11.8 Å². The highest BCUT2D eigenvalue weighted by molar-refractivity contribution is 6.08. The Labute approximate surface area is 197 Å². The van der Waals surface area contributed by atoms with Crippen molar-refractivity contribution in [2.45, 2.75) is 25.8 Å². The van der Waals surface area contributed by atoms with E-state index < -0.39 is 5.54 Å². The molecule has 1 unspecified atom stereocenters. The number of amidine groups is 1. The van der Waals surface area contributed by atoms with Crippen LogP contribution in [0.3, 0.4) is 0 Å². The molecule has 34 heavy (non-hydrogen) atoms. The first-order valence-corrected chi connectivity index (χ1v) is 11.1. The Hall–Kier alpha value is -3.94. The van der Waals surface area contributed by atoms with Crippen molar-refractivity contribution in [1.82, 2.24) is 14.5 Å². The lowest BCUT2D eigenvalue weighted by Gasteiger charge is -2.47. The summed E-state index contributed by atoms with van der Waals surface area (Å²) in [7, 11) is 1.62. The molecule has 0 spiro atoms. The molecule has 174 valence electrons. The summed E-state index contributed by atoms with van der Waals surface area (Å²) in [6, 6.07) is 12.1. The van der Waals surface area contributed by atoms with Gasteiger partial charge in [-0.05, 0) is 55.3 Å². The lowest BCUT2D eigenvalue weighted by atomic mass is 9.84. The number of methoxy groups -OCH3 is 1. The van der Waals surface area contributed by atoms with Crippen molar-refractivity contribution in [2.75, 3.05) is 20.3 Å². The third-order valence-corrected chi connectivity index (χ3v) is 6.33. The Morgan fingerprint density at radius 2 is 2.00 bits per heavy atom. The number of imidazole rings is 1. The number of aromatic nitrogens is 2. The smallest absolute Gasteiger partial charge is 0.250 e. The van der Waals surface area contributed by atoms with E-state index in [-0.39, 0.29) is 18.1 Å². The average molecular weight is 461 g/mol. The third-order valence-electron chi connectivity index (χ3n) is 6.33. The Balaban J connectivity index is 1.52. The summed E-state index contributed by atoms with van der Waals surface area (Å²) >= 11 is 0. The first-order chi connectivity index (χ1) is 16.4. The number of hydrogen-bond acceptors (Lipinski definition) is 5. The molecule has 1 atom stereocenters. The number of morpholine rings is 1. The van der Waals surface area contributed by atoms with Crippen molar-refractivity contribution in [2.24, 2.45) is 4.99 Å². The van der Waals surface area contributed by atoms with Gasteiger partial charge in [0.25, 0.3) is 0 Å². The van der Waals surface area contributed by atoms with E-state index in [0.717, 1.165) is 22.5 Å². The van der Waals surface area contributed by atoms with Crippen LogP contribution in [0.2, 0.25) is 0 Å². The number of aliphatic imine (C=N–C) groups is 1. The summed E-state index contributed by atoms with van der Waals surface area (Å²) in [6.07, 6.45) is 5.74. The van der Waals surface area contributed by atoms with E-state index in [4.69, 9.17) is 9.47 Å². The van der Waals surface area contributed by atoms with Gasteiger partial charge < -0.3 is 18.9 Å². The Bertz CT molecular complexity index is 1310. The van der Waals surface area contributed by atoms with Crippen molar-refractivity contribution < 1.29 is 18.7 Å². The Kier molecular flexibility index (Phi) is 5.43. The maximum atomic E-state index is 13.5. The van der Waals surface area contributed by atoms with Gasteiger partial charge in [-0.1, -0.05) is 18.2 Å². The highest BCUT2D eigenvalue weighted by atomic mass is 19.1. The Morgan fingerprint density at radius 1 is 1.21 bits per heavy atom. The quantitative estimate of drug-likeness (QED) is 0.582. The summed E-state index contributed by atoms with van der Waals surface area (Å²) < 4.78 is 27.0. The molecule has 7 nitrogen and oxygen atoms in total. The van der Waals surface area contributed by atoms with Crippen LogP contribution in [0.15, 0.2) is 65.7 Å². The molecule has 3 aromatic rings. The molecular weight excluding hydrogens is 435 g/mol. The molecule has 0 N–H and O–H groups in total. The number of nitrogens with zero attached hydrogens (tertiary/aromatic N) is 4. The van der Waals surface area contributed by atoms with E-state index in [0.29, 0.717) is 30.5 Å². The van der Waals surface area contributed by atoms with Gasteiger partial charge in [-0.2, -0.15) is 4.99 Å².